The molecule has 2 aromatic rings. The van der Waals surface area contributed by atoms with Gasteiger partial charge in [-0.15, -0.1) is 0 Å². The summed E-state index contributed by atoms with van der Waals surface area (Å²) in [5.74, 6) is 0.835. The van der Waals surface area contributed by atoms with Gasteiger partial charge >= 0.3 is 0 Å². The average molecular weight is 331 g/mol. The van der Waals surface area contributed by atoms with Crippen molar-refractivity contribution in [2.24, 2.45) is 12.0 Å². The highest BCUT2D eigenvalue weighted by atomic mass is 15.3. The second-order valence-electron chi connectivity index (χ2n) is 6.14. The van der Waals surface area contributed by atoms with Gasteiger partial charge in [-0.1, -0.05) is 0 Å². The van der Waals surface area contributed by atoms with Crippen molar-refractivity contribution in [3.8, 4) is 0 Å². The molecule has 0 bridgehead atoms. The van der Waals surface area contributed by atoms with Crippen molar-refractivity contribution in [2.75, 3.05) is 13.6 Å². The minimum absolute atomic E-state index is 0.281. The lowest BCUT2D eigenvalue weighted by molar-refractivity contribution is 0.565. The molecular weight excluding hydrogens is 302 g/mol. The maximum absolute atomic E-state index is 4.48. The number of hydrogen-bond acceptors (Lipinski definition) is 3. The quantitative estimate of drug-likeness (QED) is 0.457. The molecule has 132 valence electrons. The van der Waals surface area contributed by atoms with E-state index in [-0.39, 0.29) is 6.04 Å². The Morgan fingerprint density at radius 1 is 1.38 bits per heavy atom. The summed E-state index contributed by atoms with van der Waals surface area (Å²) in [7, 11) is 3.79. The van der Waals surface area contributed by atoms with Crippen molar-refractivity contribution in [1.82, 2.24) is 30.2 Å². The molecule has 2 N–H and O–H groups in total. The van der Waals surface area contributed by atoms with E-state index in [1.165, 1.54) is 11.3 Å². The summed E-state index contributed by atoms with van der Waals surface area (Å²) in [5.41, 5.74) is 3.64. The van der Waals surface area contributed by atoms with Gasteiger partial charge in [-0.2, -0.15) is 10.2 Å². The highest BCUT2D eigenvalue weighted by Gasteiger charge is 2.13. The van der Waals surface area contributed by atoms with Gasteiger partial charge < -0.3 is 10.6 Å². The lowest BCUT2D eigenvalue weighted by atomic mass is 10.1. The van der Waals surface area contributed by atoms with E-state index < -0.39 is 0 Å². The van der Waals surface area contributed by atoms with Crippen LogP contribution in [0.2, 0.25) is 0 Å². The van der Waals surface area contributed by atoms with E-state index in [2.05, 4.69) is 46.6 Å². The highest BCUT2D eigenvalue weighted by Crippen LogP contribution is 2.14. The second kappa shape index (κ2) is 8.52. The number of aromatic nitrogens is 4. The van der Waals surface area contributed by atoms with Crippen molar-refractivity contribution in [1.29, 1.82) is 0 Å². The monoisotopic (exact) mass is 331 g/mol. The Kier molecular flexibility index (Phi) is 6.40. The summed E-state index contributed by atoms with van der Waals surface area (Å²) >= 11 is 0. The Balaban J connectivity index is 1.77. The van der Waals surface area contributed by atoms with Crippen LogP contribution in [0.25, 0.3) is 0 Å². The first-order valence-electron chi connectivity index (χ1n) is 8.45. The lowest BCUT2D eigenvalue weighted by Gasteiger charge is -2.18. The maximum atomic E-state index is 4.48. The molecule has 1 unspecified atom stereocenters. The summed E-state index contributed by atoms with van der Waals surface area (Å²) in [6, 6.07) is 2.22. The van der Waals surface area contributed by atoms with Gasteiger partial charge in [0.15, 0.2) is 5.96 Å². The van der Waals surface area contributed by atoms with Gasteiger partial charge in [0.25, 0.3) is 0 Å². The Morgan fingerprint density at radius 2 is 2.17 bits per heavy atom. The molecule has 0 spiro atoms. The first-order chi connectivity index (χ1) is 11.5. The van der Waals surface area contributed by atoms with Crippen LogP contribution in [0.15, 0.2) is 23.5 Å². The van der Waals surface area contributed by atoms with E-state index in [1.807, 2.05) is 28.7 Å². The second-order valence-corrected chi connectivity index (χ2v) is 6.14. The molecule has 0 saturated heterocycles. The van der Waals surface area contributed by atoms with Crippen molar-refractivity contribution in [2.45, 2.75) is 46.2 Å². The summed E-state index contributed by atoms with van der Waals surface area (Å²) in [6.45, 7) is 8.11. The van der Waals surface area contributed by atoms with Crippen molar-refractivity contribution in [3.05, 3.63) is 35.4 Å². The van der Waals surface area contributed by atoms with E-state index in [4.69, 9.17) is 0 Å². The van der Waals surface area contributed by atoms with Crippen molar-refractivity contribution in [3.63, 3.8) is 0 Å². The molecule has 7 nitrogen and oxygen atoms in total. The van der Waals surface area contributed by atoms with Crippen LogP contribution in [0.3, 0.4) is 0 Å². The van der Waals surface area contributed by atoms with E-state index >= 15 is 0 Å². The van der Waals surface area contributed by atoms with E-state index in [0.717, 1.165) is 37.6 Å². The largest absolute Gasteiger partial charge is 0.356 e. The van der Waals surface area contributed by atoms with Gasteiger partial charge in [0.1, 0.15) is 0 Å². The number of nitrogens with one attached hydrogen (secondary N) is 2. The van der Waals surface area contributed by atoms with Gasteiger partial charge in [-0.05, 0) is 45.2 Å². The molecule has 0 amide bonds. The van der Waals surface area contributed by atoms with Gasteiger partial charge in [-0.25, -0.2) is 0 Å². The molecule has 0 fully saturated rings. The molecule has 0 aromatic carbocycles. The summed E-state index contributed by atoms with van der Waals surface area (Å²) in [6.07, 6.45) is 5.71. The van der Waals surface area contributed by atoms with Gasteiger partial charge in [-0.3, -0.25) is 14.4 Å². The van der Waals surface area contributed by atoms with Crippen LogP contribution < -0.4 is 10.6 Å². The third-order valence-corrected chi connectivity index (χ3v) is 4.19. The number of aryl methyl sites for hydroxylation is 3. The number of nitrogens with zero attached hydrogens (tertiary/aromatic N) is 5. The van der Waals surface area contributed by atoms with Gasteiger partial charge in [0.05, 0.1) is 5.69 Å². The van der Waals surface area contributed by atoms with E-state index in [0.29, 0.717) is 0 Å². The molecular formula is C17H29N7. The molecule has 0 radical (unpaired) electrons. The smallest absolute Gasteiger partial charge is 0.191 e. The van der Waals surface area contributed by atoms with E-state index in [9.17, 15) is 0 Å². The van der Waals surface area contributed by atoms with Crippen molar-refractivity contribution < 1.29 is 0 Å². The fraction of sp³-hybridized carbons (Fsp3) is 0.588. The molecule has 0 aliphatic rings. The van der Waals surface area contributed by atoms with Crippen LogP contribution in [0.4, 0.5) is 0 Å². The minimum Gasteiger partial charge on any atom is -0.356 e. The van der Waals surface area contributed by atoms with Crippen molar-refractivity contribution >= 4 is 5.96 Å². The number of aliphatic imine (C=N–C) groups is 1. The molecule has 0 aliphatic carbocycles. The predicted molar refractivity (Wildman–Crippen MR) is 97.2 cm³/mol. The highest BCUT2D eigenvalue weighted by molar-refractivity contribution is 5.79. The zero-order valence-electron chi connectivity index (χ0n) is 15.4. The van der Waals surface area contributed by atoms with Gasteiger partial charge in [0, 0.05) is 51.3 Å². The number of rotatable bonds is 7. The molecule has 1 atom stereocenters. The third-order valence-electron chi connectivity index (χ3n) is 4.19. The first-order valence-corrected chi connectivity index (χ1v) is 8.45. The predicted octanol–water partition coefficient (Wildman–Crippen LogP) is 1.42. The van der Waals surface area contributed by atoms with E-state index in [1.54, 1.807) is 13.2 Å². The third kappa shape index (κ3) is 4.84. The summed E-state index contributed by atoms with van der Waals surface area (Å²) in [4.78, 5) is 4.31. The molecule has 2 rings (SSSR count). The molecule has 2 heterocycles. The minimum atomic E-state index is 0.281. The first kappa shape index (κ1) is 18.0. The van der Waals surface area contributed by atoms with Crippen LogP contribution in [0.1, 0.15) is 30.3 Å². The Morgan fingerprint density at radius 3 is 2.75 bits per heavy atom. The average Bonchev–Trinajstić information content (AvgIpc) is 3.14. The van der Waals surface area contributed by atoms with Crippen LogP contribution >= 0.6 is 0 Å². The maximum Gasteiger partial charge on any atom is 0.191 e. The summed E-state index contributed by atoms with van der Waals surface area (Å²) < 4.78 is 3.88. The normalized spacial score (nSPS) is 13.1. The van der Waals surface area contributed by atoms with Crippen LogP contribution in [0.5, 0.6) is 0 Å². The Labute approximate surface area is 144 Å². The van der Waals surface area contributed by atoms with Gasteiger partial charge in [0.2, 0.25) is 0 Å². The molecule has 7 heteroatoms. The fourth-order valence-corrected chi connectivity index (χ4v) is 2.78. The Bertz CT molecular complexity index is 655. The fourth-order valence-electron chi connectivity index (χ4n) is 2.78. The standard InChI is InChI=1S/C17H29N7/c1-13(12-16-14(2)22-23(5)15(16)3)21-17(18-4)19-8-6-10-24-11-7-9-20-24/h7,9,11,13H,6,8,10,12H2,1-5H3,(H2,18,19,21). The summed E-state index contributed by atoms with van der Waals surface area (Å²) in [5, 5.41) is 15.5. The number of guanidine groups is 1. The zero-order chi connectivity index (χ0) is 17.5. The Hall–Kier alpha value is -2.31. The van der Waals surface area contributed by atoms with Crippen LogP contribution in [0, 0.1) is 13.8 Å². The van der Waals surface area contributed by atoms with Crippen LogP contribution in [-0.4, -0.2) is 45.2 Å². The molecule has 0 aliphatic heterocycles. The van der Waals surface area contributed by atoms with Crippen LogP contribution in [-0.2, 0) is 20.0 Å². The SMILES string of the molecule is CN=C(NCCCn1cccn1)NC(C)Cc1c(C)nn(C)c1C. The molecule has 0 saturated carbocycles. The zero-order valence-corrected chi connectivity index (χ0v) is 15.4. The lowest BCUT2D eigenvalue weighted by Crippen LogP contribution is -2.43. The molecule has 24 heavy (non-hydrogen) atoms. The molecule has 2 aromatic heterocycles. The number of hydrogen-bond donors (Lipinski definition) is 2. The topological polar surface area (TPSA) is 72.1 Å².